The highest BCUT2D eigenvalue weighted by Crippen LogP contribution is 2.35. The molecule has 162 valence electrons. The van der Waals surface area contributed by atoms with E-state index in [0.29, 0.717) is 29.5 Å². The number of amides is 4. The third-order valence-corrected chi connectivity index (χ3v) is 5.51. The summed E-state index contributed by atoms with van der Waals surface area (Å²) in [6, 6.07) is 6.51. The molecule has 1 aromatic carbocycles. The maximum absolute atomic E-state index is 12.7. The van der Waals surface area contributed by atoms with Crippen molar-refractivity contribution in [1.82, 2.24) is 15.8 Å². The number of benzene rings is 1. The van der Waals surface area contributed by atoms with Gasteiger partial charge in [0.15, 0.2) is 12.7 Å². The summed E-state index contributed by atoms with van der Waals surface area (Å²) < 4.78 is 10.5. The predicted octanol–water partition coefficient (Wildman–Crippen LogP) is 1.84. The smallest absolute Gasteiger partial charge is 0.347 e. The van der Waals surface area contributed by atoms with Crippen LogP contribution in [0.15, 0.2) is 24.3 Å². The quantitative estimate of drug-likeness (QED) is 0.539. The van der Waals surface area contributed by atoms with E-state index in [2.05, 4.69) is 17.7 Å². The zero-order valence-corrected chi connectivity index (χ0v) is 17.4. The minimum absolute atomic E-state index is 0.477. The lowest BCUT2D eigenvalue weighted by atomic mass is 9.77. The van der Waals surface area contributed by atoms with Crippen molar-refractivity contribution in [2.75, 3.05) is 6.61 Å². The van der Waals surface area contributed by atoms with Crippen LogP contribution in [0.2, 0.25) is 0 Å². The Kier molecular flexibility index (Phi) is 6.28. The molecular formula is C21H27N3O6. The lowest BCUT2D eigenvalue weighted by Gasteiger charge is -2.33. The Morgan fingerprint density at radius 2 is 2.00 bits per heavy atom. The van der Waals surface area contributed by atoms with Crippen LogP contribution in [0.4, 0.5) is 4.79 Å². The fourth-order valence-corrected chi connectivity index (χ4v) is 3.67. The van der Waals surface area contributed by atoms with Gasteiger partial charge >= 0.3 is 12.0 Å². The van der Waals surface area contributed by atoms with Crippen molar-refractivity contribution in [3.05, 3.63) is 29.8 Å². The standard InChI is InChI=1S/C21H27N3O6/c1-13-7-9-21(10-8-13)19(27)24(20(28)22-21)23-17(25)12-29-18(26)15(3)30-16-6-4-5-14(2)11-16/h4-6,11,13,15H,7-10,12H2,1-3H3,(H,22,28)(H,23,25)/t13?,15-,21?/m1/s1. The fourth-order valence-electron chi connectivity index (χ4n) is 3.67. The number of hydrogen-bond acceptors (Lipinski definition) is 6. The summed E-state index contributed by atoms with van der Waals surface area (Å²) in [5, 5.41) is 3.38. The van der Waals surface area contributed by atoms with Gasteiger partial charge in [-0.05, 0) is 63.1 Å². The molecule has 1 atom stereocenters. The van der Waals surface area contributed by atoms with E-state index in [9.17, 15) is 19.2 Å². The van der Waals surface area contributed by atoms with Crippen LogP contribution in [0.1, 0.15) is 45.1 Å². The van der Waals surface area contributed by atoms with Crippen LogP contribution >= 0.6 is 0 Å². The third-order valence-electron chi connectivity index (χ3n) is 5.51. The van der Waals surface area contributed by atoms with Crippen molar-refractivity contribution in [2.45, 2.75) is 58.1 Å². The summed E-state index contributed by atoms with van der Waals surface area (Å²) in [6.07, 6.45) is 1.79. The lowest BCUT2D eigenvalue weighted by Crippen LogP contribution is -2.52. The molecule has 2 N–H and O–H groups in total. The highest BCUT2D eigenvalue weighted by atomic mass is 16.6. The summed E-state index contributed by atoms with van der Waals surface area (Å²) in [7, 11) is 0. The second-order valence-corrected chi connectivity index (χ2v) is 8.05. The molecule has 0 bridgehead atoms. The van der Waals surface area contributed by atoms with Crippen LogP contribution in [0.3, 0.4) is 0 Å². The maximum atomic E-state index is 12.7. The number of rotatable bonds is 6. The number of carbonyl (C=O) groups excluding carboxylic acids is 4. The molecule has 9 heteroatoms. The van der Waals surface area contributed by atoms with Gasteiger partial charge in [0.1, 0.15) is 11.3 Å². The molecule has 3 rings (SSSR count). The first-order valence-corrected chi connectivity index (χ1v) is 10.1. The molecule has 1 spiro atoms. The maximum Gasteiger partial charge on any atom is 0.347 e. The van der Waals surface area contributed by atoms with Crippen LogP contribution < -0.4 is 15.5 Å². The van der Waals surface area contributed by atoms with Crippen molar-refractivity contribution < 1.29 is 28.7 Å². The Hall–Kier alpha value is -3.10. The van der Waals surface area contributed by atoms with Crippen molar-refractivity contribution >= 4 is 23.8 Å². The van der Waals surface area contributed by atoms with E-state index in [1.54, 1.807) is 18.2 Å². The molecule has 2 fully saturated rings. The number of aryl methyl sites for hydroxylation is 1. The minimum Gasteiger partial charge on any atom is -0.479 e. The zero-order chi connectivity index (χ0) is 21.9. The van der Waals surface area contributed by atoms with E-state index in [1.807, 2.05) is 13.0 Å². The van der Waals surface area contributed by atoms with Crippen LogP contribution in [0, 0.1) is 12.8 Å². The molecule has 1 aliphatic heterocycles. The Labute approximate surface area is 175 Å². The first kappa shape index (κ1) is 21.6. The predicted molar refractivity (Wildman–Crippen MR) is 106 cm³/mol. The molecule has 1 saturated heterocycles. The molecule has 1 heterocycles. The van der Waals surface area contributed by atoms with Gasteiger partial charge in [-0.25, -0.2) is 9.59 Å². The van der Waals surface area contributed by atoms with Gasteiger partial charge in [0, 0.05) is 0 Å². The Morgan fingerprint density at radius 1 is 1.30 bits per heavy atom. The Bertz CT molecular complexity index is 847. The first-order valence-electron chi connectivity index (χ1n) is 10.1. The molecule has 1 aliphatic carbocycles. The van der Waals surface area contributed by atoms with Crippen molar-refractivity contribution in [3.8, 4) is 5.75 Å². The minimum atomic E-state index is -0.955. The van der Waals surface area contributed by atoms with Gasteiger partial charge in [-0.3, -0.25) is 15.0 Å². The summed E-state index contributed by atoms with van der Waals surface area (Å²) in [5.74, 6) is -0.990. The van der Waals surface area contributed by atoms with Crippen LogP contribution in [-0.4, -0.2) is 47.1 Å². The van der Waals surface area contributed by atoms with Gasteiger partial charge in [-0.1, -0.05) is 19.1 Å². The van der Waals surface area contributed by atoms with Crippen LogP contribution in [0.25, 0.3) is 0 Å². The number of esters is 1. The number of ether oxygens (including phenoxy) is 2. The van der Waals surface area contributed by atoms with Gasteiger partial charge in [0.25, 0.3) is 11.8 Å². The van der Waals surface area contributed by atoms with E-state index in [4.69, 9.17) is 9.47 Å². The second kappa shape index (κ2) is 8.73. The molecule has 1 aromatic rings. The van der Waals surface area contributed by atoms with E-state index >= 15 is 0 Å². The van der Waals surface area contributed by atoms with Gasteiger partial charge in [0.2, 0.25) is 0 Å². The lowest BCUT2D eigenvalue weighted by molar-refractivity contribution is -0.156. The summed E-state index contributed by atoms with van der Waals surface area (Å²) in [5.41, 5.74) is 2.25. The summed E-state index contributed by atoms with van der Waals surface area (Å²) in [6.45, 7) is 4.87. The molecule has 0 unspecified atom stereocenters. The molecule has 30 heavy (non-hydrogen) atoms. The van der Waals surface area contributed by atoms with Crippen molar-refractivity contribution in [1.29, 1.82) is 0 Å². The summed E-state index contributed by atoms with van der Waals surface area (Å²) in [4.78, 5) is 49.1. The number of hydrogen-bond donors (Lipinski definition) is 2. The molecule has 2 aliphatic rings. The van der Waals surface area contributed by atoms with E-state index in [0.717, 1.165) is 18.4 Å². The van der Waals surface area contributed by atoms with E-state index in [-0.39, 0.29) is 0 Å². The average molecular weight is 417 g/mol. The Morgan fingerprint density at radius 3 is 2.67 bits per heavy atom. The number of nitrogens with one attached hydrogen (secondary N) is 2. The topological polar surface area (TPSA) is 114 Å². The van der Waals surface area contributed by atoms with Crippen LogP contribution in [-0.2, 0) is 19.1 Å². The first-order chi connectivity index (χ1) is 14.2. The Balaban J connectivity index is 1.49. The van der Waals surface area contributed by atoms with Gasteiger partial charge in [-0.2, -0.15) is 5.01 Å². The average Bonchev–Trinajstić information content (AvgIpc) is 2.92. The molecule has 0 radical (unpaired) electrons. The molecule has 9 nitrogen and oxygen atoms in total. The molecule has 4 amide bonds. The monoisotopic (exact) mass is 417 g/mol. The van der Waals surface area contributed by atoms with Crippen molar-refractivity contribution in [2.24, 2.45) is 5.92 Å². The normalized spacial score (nSPS) is 24.4. The zero-order valence-electron chi connectivity index (χ0n) is 17.4. The highest BCUT2D eigenvalue weighted by molar-refractivity contribution is 6.08. The number of hydrazine groups is 1. The third kappa shape index (κ3) is 4.72. The van der Waals surface area contributed by atoms with Gasteiger partial charge in [0.05, 0.1) is 0 Å². The van der Waals surface area contributed by atoms with Crippen molar-refractivity contribution in [3.63, 3.8) is 0 Å². The van der Waals surface area contributed by atoms with E-state index in [1.165, 1.54) is 6.92 Å². The fraction of sp³-hybridized carbons (Fsp3) is 0.524. The van der Waals surface area contributed by atoms with Crippen LogP contribution in [0.5, 0.6) is 5.75 Å². The highest BCUT2D eigenvalue weighted by Gasteiger charge is 2.52. The molecule has 1 saturated carbocycles. The second-order valence-electron chi connectivity index (χ2n) is 8.05. The number of nitrogens with zero attached hydrogens (tertiary/aromatic N) is 1. The number of imide groups is 1. The largest absolute Gasteiger partial charge is 0.479 e. The van der Waals surface area contributed by atoms with Gasteiger partial charge in [-0.15, -0.1) is 0 Å². The number of urea groups is 1. The molecule has 0 aromatic heterocycles. The van der Waals surface area contributed by atoms with E-state index < -0.39 is 42.1 Å². The van der Waals surface area contributed by atoms with Gasteiger partial charge < -0.3 is 14.8 Å². The summed E-state index contributed by atoms with van der Waals surface area (Å²) >= 11 is 0. The number of carbonyl (C=O) groups is 4. The SMILES string of the molecule is Cc1cccc(O[C@H](C)C(=O)OCC(=O)NN2C(=O)NC3(CCC(C)CC3)C2=O)c1. The molecular weight excluding hydrogens is 390 g/mol.